The summed E-state index contributed by atoms with van der Waals surface area (Å²) >= 11 is 0. The van der Waals surface area contributed by atoms with Gasteiger partial charge in [0.05, 0.1) is 11.6 Å². The van der Waals surface area contributed by atoms with Gasteiger partial charge in [-0.3, -0.25) is 4.79 Å². The smallest absolute Gasteiger partial charge is 0.255 e. The molecule has 120 valence electrons. The Morgan fingerprint density at radius 3 is 2.58 bits per heavy atom. The van der Waals surface area contributed by atoms with Crippen LogP contribution in [0.25, 0.3) is 10.8 Å². The maximum absolute atomic E-state index is 12.9. The first-order valence-electron chi connectivity index (χ1n) is 8.17. The summed E-state index contributed by atoms with van der Waals surface area (Å²) in [7, 11) is 0. The van der Waals surface area contributed by atoms with Crippen molar-refractivity contribution < 1.29 is 9.90 Å². The van der Waals surface area contributed by atoms with E-state index in [0.717, 1.165) is 11.1 Å². The molecule has 1 aliphatic rings. The second-order valence-corrected chi connectivity index (χ2v) is 6.46. The number of phenolic OH excluding ortho intramolecular Hbond substituents is 1. The number of hydrogen-bond acceptors (Lipinski definition) is 2. The Morgan fingerprint density at radius 2 is 1.79 bits per heavy atom. The van der Waals surface area contributed by atoms with Crippen LogP contribution in [0.15, 0.2) is 54.6 Å². The van der Waals surface area contributed by atoms with Crippen LogP contribution in [0.1, 0.15) is 40.0 Å². The molecule has 3 nitrogen and oxygen atoms in total. The van der Waals surface area contributed by atoms with Gasteiger partial charge < -0.3 is 10.0 Å². The first kappa shape index (κ1) is 14.8. The van der Waals surface area contributed by atoms with E-state index in [0.29, 0.717) is 17.7 Å². The summed E-state index contributed by atoms with van der Waals surface area (Å²) in [6.45, 7) is 4.45. The summed E-state index contributed by atoms with van der Waals surface area (Å²) in [5.74, 6) is 0.182. The molecule has 4 rings (SSSR count). The zero-order valence-electron chi connectivity index (χ0n) is 13.8. The fraction of sp³-hybridized carbons (Fsp3) is 0.190. The van der Waals surface area contributed by atoms with E-state index >= 15 is 0 Å². The molecular formula is C21H19NO2. The van der Waals surface area contributed by atoms with E-state index in [1.54, 1.807) is 13.0 Å². The van der Waals surface area contributed by atoms with Gasteiger partial charge in [-0.1, -0.05) is 42.5 Å². The summed E-state index contributed by atoms with van der Waals surface area (Å²) in [6.07, 6.45) is 0. The minimum absolute atomic E-state index is 0.000872. The molecular weight excluding hydrogens is 298 g/mol. The zero-order valence-corrected chi connectivity index (χ0v) is 13.8. The zero-order chi connectivity index (χ0) is 16.8. The van der Waals surface area contributed by atoms with Crippen molar-refractivity contribution in [2.24, 2.45) is 0 Å². The quantitative estimate of drug-likeness (QED) is 0.752. The molecule has 24 heavy (non-hydrogen) atoms. The molecule has 0 spiro atoms. The SMILES string of the molecule is Cc1c(O)ccc2c1C(=O)N([C@H](C)c1ccc3ccccc3c1)C2. The third-order valence-corrected chi connectivity index (χ3v) is 5.06. The van der Waals surface area contributed by atoms with Crippen LogP contribution in [-0.2, 0) is 6.54 Å². The first-order valence-corrected chi connectivity index (χ1v) is 8.17. The van der Waals surface area contributed by atoms with E-state index in [1.165, 1.54) is 10.8 Å². The molecule has 3 aromatic rings. The Kier molecular flexibility index (Phi) is 3.31. The number of benzene rings is 3. The van der Waals surface area contributed by atoms with E-state index in [2.05, 4.69) is 37.3 Å². The highest BCUT2D eigenvalue weighted by atomic mass is 16.3. The van der Waals surface area contributed by atoms with E-state index in [9.17, 15) is 9.90 Å². The van der Waals surface area contributed by atoms with Gasteiger partial charge in [-0.2, -0.15) is 0 Å². The van der Waals surface area contributed by atoms with Crippen LogP contribution >= 0.6 is 0 Å². The lowest BCUT2D eigenvalue weighted by Crippen LogP contribution is -2.27. The maximum atomic E-state index is 12.9. The van der Waals surface area contributed by atoms with Gasteiger partial charge in [0.2, 0.25) is 0 Å². The van der Waals surface area contributed by atoms with Gasteiger partial charge in [0.1, 0.15) is 5.75 Å². The lowest BCUT2D eigenvalue weighted by Gasteiger charge is -2.25. The summed E-state index contributed by atoms with van der Waals surface area (Å²) in [6, 6.07) is 18.1. The lowest BCUT2D eigenvalue weighted by atomic mass is 10.0. The summed E-state index contributed by atoms with van der Waals surface area (Å²) in [5, 5.41) is 12.3. The van der Waals surface area contributed by atoms with Gasteiger partial charge in [0.15, 0.2) is 0 Å². The van der Waals surface area contributed by atoms with Crippen LogP contribution in [0.5, 0.6) is 5.75 Å². The standard InChI is InChI=1S/C21H19NO2/c1-13-19(23)10-9-18-12-22(21(24)20(13)18)14(2)16-8-7-15-5-3-4-6-17(15)11-16/h3-11,14,23H,12H2,1-2H3/t14-/m1/s1. The summed E-state index contributed by atoms with van der Waals surface area (Å²) in [5.41, 5.74) is 3.44. The third kappa shape index (κ3) is 2.16. The molecule has 0 aromatic heterocycles. The molecule has 0 saturated carbocycles. The molecule has 1 amide bonds. The van der Waals surface area contributed by atoms with Crippen molar-refractivity contribution in [3.63, 3.8) is 0 Å². The maximum Gasteiger partial charge on any atom is 0.255 e. The Morgan fingerprint density at radius 1 is 1.04 bits per heavy atom. The number of carbonyl (C=O) groups excluding carboxylic acids is 1. The first-order chi connectivity index (χ1) is 11.6. The van der Waals surface area contributed by atoms with Crippen LogP contribution < -0.4 is 0 Å². The summed E-state index contributed by atoms with van der Waals surface area (Å²) in [4.78, 5) is 14.7. The Balaban J connectivity index is 1.71. The highest BCUT2D eigenvalue weighted by molar-refractivity contribution is 6.00. The Hall–Kier alpha value is -2.81. The van der Waals surface area contributed by atoms with Crippen LogP contribution in [0.3, 0.4) is 0 Å². The predicted octanol–water partition coefficient (Wildman–Crippen LogP) is 4.57. The number of aromatic hydroxyl groups is 1. The molecule has 1 atom stereocenters. The number of rotatable bonds is 2. The van der Waals surface area contributed by atoms with Crippen molar-refractivity contribution in [3.8, 4) is 5.75 Å². The number of fused-ring (bicyclic) bond motifs is 2. The molecule has 0 aliphatic carbocycles. The molecule has 1 N–H and O–H groups in total. The number of phenols is 1. The van der Waals surface area contributed by atoms with E-state index < -0.39 is 0 Å². The highest BCUT2D eigenvalue weighted by Crippen LogP contribution is 2.36. The average molecular weight is 317 g/mol. The van der Waals surface area contributed by atoms with Crippen LogP contribution in [0, 0.1) is 6.92 Å². The van der Waals surface area contributed by atoms with Gasteiger partial charge in [-0.15, -0.1) is 0 Å². The minimum Gasteiger partial charge on any atom is -0.508 e. The highest BCUT2D eigenvalue weighted by Gasteiger charge is 2.33. The van der Waals surface area contributed by atoms with Gasteiger partial charge in [-0.05, 0) is 47.9 Å². The van der Waals surface area contributed by atoms with Crippen molar-refractivity contribution in [3.05, 3.63) is 76.9 Å². The fourth-order valence-corrected chi connectivity index (χ4v) is 3.55. The predicted molar refractivity (Wildman–Crippen MR) is 95.1 cm³/mol. The molecule has 0 bridgehead atoms. The second kappa shape index (κ2) is 5.38. The van der Waals surface area contributed by atoms with Crippen molar-refractivity contribution in [1.82, 2.24) is 4.90 Å². The fourth-order valence-electron chi connectivity index (χ4n) is 3.55. The van der Waals surface area contributed by atoms with Crippen molar-refractivity contribution >= 4 is 16.7 Å². The average Bonchev–Trinajstić information content (AvgIpc) is 2.94. The van der Waals surface area contributed by atoms with Gasteiger partial charge >= 0.3 is 0 Å². The van der Waals surface area contributed by atoms with E-state index in [1.807, 2.05) is 23.1 Å². The number of carbonyl (C=O) groups is 1. The Bertz CT molecular complexity index is 961. The molecule has 3 heteroatoms. The normalized spacial score (nSPS) is 14.9. The topological polar surface area (TPSA) is 40.5 Å². The molecule has 1 aliphatic heterocycles. The molecule has 0 unspecified atom stereocenters. The number of hydrogen-bond donors (Lipinski definition) is 1. The largest absolute Gasteiger partial charge is 0.508 e. The van der Waals surface area contributed by atoms with Gasteiger partial charge in [0, 0.05) is 12.1 Å². The molecule has 0 fully saturated rings. The van der Waals surface area contributed by atoms with E-state index in [-0.39, 0.29) is 17.7 Å². The second-order valence-electron chi connectivity index (χ2n) is 6.46. The van der Waals surface area contributed by atoms with Crippen molar-refractivity contribution in [1.29, 1.82) is 0 Å². The molecule has 3 aromatic carbocycles. The Labute approximate surface area is 141 Å². The van der Waals surface area contributed by atoms with Crippen molar-refractivity contribution in [2.45, 2.75) is 26.4 Å². The molecule has 1 heterocycles. The van der Waals surface area contributed by atoms with Crippen molar-refractivity contribution in [2.75, 3.05) is 0 Å². The van der Waals surface area contributed by atoms with Crippen LogP contribution in [0.4, 0.5) is 0 Å². The lowest BCUT2D eigenvalue weighted by molar-refractivity contribution is 0.0715. The third-order valence-electron chi connectivity index (χ3n) is 5.06. The molecule has 0 radical (unpaired) electrons. The van der Waals surface area contributed by atoms with Gasteiger partial charge in [-0.25, -0.2) is 0 Å². The number of nitrogens with zero attached hydrogens (tertiary/aromatic N) is 1. The van der Waals surface area contributed by atoms with Gasteiger partial charge in [0.25, 0.3) is 5.91 Å². The van der Waals surface area contributed by atoms with Crippen LogP contribution in [-0.4, -0.2) is 15.9 Å². The van der Waals surface area contributed by atoms with E-state index in [4.69, 9.17) is 0 Å². The summed E-state index contributed by atoms with van der Waals surface area (Å²) < 4.78 is 0. The molecule has 0 saturated heterocycles. The minimum atomic E-state index is -0.0175. The monoisotopic (exact) mass is 317 g/mol. The number of amides is 1. The van der Waals surface area contributed by atoms with Crippen LogP contribution in [0.2, 0.25) is 0 Å².